The van der Waals surface area contributed by atoms with Crippen LogP contribution in [0, 0.1) is 0 Å². The zero-order chi connectivity index (χ0) is 14.8. The molecule has 5 nitrogen and oxygen atoms in total. The van der Waals surface area contributed by atoms with Crippen LogP contribution in [-0.4, -0.2) is 52.1 Å². The van der Waals surface area contributed by atoms with Gasteiger partial charge in [0.25, 0.3) is 0 Å². The molecule has 2 atom stereocenters. The maximum atomic E-state index is 12.1. The molecule has 0 fully saturated rings. The van der Waals surface area contributed by atoms with E-state index in [4.69, 9.17) is 5.11 Å². The molecule has 0 aromatic heterocycles. The predicted octanol–water partition coefficient (Wildman–Crippen LogP) is 2.41. The summed E-state index contributed by atoms with van der Waals surface area (Å²) in [5.74, 6) is 1.09. The van der Waals surface area contributed by atoms with Crippen molar-refractivity contribution < 1.29 is 14.7 Å². The molecule has 0 rings (SSSR count). The Balaban J connectivity index is 4.34. The number of thioether (sulfide) groups is 1. The third-order valence-corrected chi connectivity index (χ3v) is 3.89. The molecule has 0 aromatic carbocycles. The topological polar surface area (TPSA) is 69.6 Å². The molecule has 112 valence electrons. The predicted molar refractivity (Wildman–Crippen MR) is 79.7 cm³/mol. The van der Waals surface area contributed by atoms with Gasteiger partial charge in [0.1, 0.15) is 6.54 Å². The van der Waals surface area contributed by atoms with Crippen molar-refractivity contribution in [2.45, 2.75) is 52.6 Å². The Hall–Kier alpha value is -0.910. The Morgan fingerprint density at radius 2 is 1.95 bits per heavy atom. The van der Waals surface area contributed by atoms with Gasteiger partial charge in [0.05, 0.1) is 0 Å². The second-order valence-corrected chi connectivity index (χ2v) is 6.01. The number of hydrogen-bond donors (Lipinski definition) is 2. The molecule has 0 heterocycles. The van der Waals surface area contributed by atoms with Crippen LogP contribution in [0.15, 0.2) is 0 Å². The van der Waals surface area contributed by atoms with Crippen LogP contribution < -0.4 is 5.32 Å². The van der Waals surface area contributed by atoms with Crippen LogP contribution in [0.5, 0.6) is 0 Å². The van der Waals surface area contributed by atoms with E-state index in [1.54, 1.807) is 0 Å². The highest BCUT2D eigenvalue weighted by Gasteiger charge is 2.22. The van der Waals surface area contributed by atoms with Gasteiger partial charge in [-0.15, -0.1) is 0 Å². The maximum absolute atomic E-state index is 12.1. The first-order valence-corrected chi connectivity index (χ1v) is 7.94. The molecule has 2 unspecified atom stereocenters. The molecule has 0 saturated carbocycles. The van der Waals surface area contributed by atoms with Gasteiger partial charge in [-0.25, -0.2) is 4.79 Å². The quantitative estimate of drug-likeness (QED) is 0.640. The van der Waals surface area contributed by atoms with E-state index in [0.717, 1.165) is 24.3 Å². The van der Waals surface area contributed by atoms with Gasteiger partial charge in [-0.2, -0.15) is 11.8 Å². The summed E-state index contributed by atoms with van der Waals surface area (Å²) in [6, 6.07) is -0.300. The van der Waals surface area contributed by atoms with Gasteiger partial charge in [0.2, 0.25) is 0 Å². The van der Waals surface area contributed by atoms with E-state index in [0.29, 0.717) is 0 Å². The van der Waals surface area contributed by atoms with E-state index in [9.17, 15) is 9.59 Å². The number of nitrogens with zero attached hydrogens (tertiary/aromatic N) is 1. The molecule has 0 aliphatic carbocycles. The van der Waals surface area contributed by atoms with Crippen LogP contribution in [0.25, 0.3) is 0 Å². The van der Waals surface area contributed by atoms with Crippen LogP contribution in [0.4, 0.5) is 4.79 Å². The van der Waals surface area contributed by atoms with Crippen molar-refractivity contribution in [2.75, 3.05) is 18.1 Å². The van der Waals surface area contributed by atoms with E-state index >= 15 is 0 Å². The third kappa shape index (κ3) is 7.97. The Morgan fingerprint density at radius 3 is 2.42 bits per heavy atom. The number of nitrogens with one attached hydrogen (secondary N) is 1. The normalized spacial score (nSPS) is 13.7. The van der Waals surface area contributed by atoms with Gasteiger partial charge in [-0.05, 0) is 38.2 Å². The monoisotopic (exact) mass is 290 g/mol. The van der Waals surface area contributed by atoms with Crippen molar-refractivity contribution in [2.24, 2.45) is 0 Å². The minimum Gasteiger partial charge on any atom is -0.480 e. The average Bonchev–Trinajstić information content (AvgIpc) is 2.35. The van der Waals surface area contributed by atoms with Gasteiger partial charge < -0.3 is 15.3 Å². The first-order valence-electron chi connectivity index (χ1n) is 6.78. The first kappa shape index (κ1) is 18.1. The van der Waals surface area contributed by atoms with Crippen LogP contribution in [0.2, 0.25) is 0 Å². The van der Waals surface area contributed by atoms with E-state index in [-0.39, 0.29) is 24.7 Å². The Bertz CT molecular complexity index is 287. The molecule has 0 radical (unpaired) electrons. The number of rotatable bonds is 9. The number of carboxylic acids is 1. The first-order chi connectivity index (χ1) is 8.92. The summed E-state index contributed by atoms with van der Waals surface area (Å²) in [4.78, 5) is 24.3. The van der Waals surface area contributed by atoms with Crippen molar-refractivity contribution in [1.29, 1.82) is 0 Å². The van der Waals surface area contributed by atoms with Crippen molar-refractivity contribution >= 4 is 23.8 Å². The number of carboxylic acid groups (broad SMARTS) is 1. The lowest BCUT2D eigenvalue weighted by Gasteiger charge is -2.28. The second-order valence-electron chi connectivity index (χ2n) is 4.62. The molecule has 0 aliphatic rings. The summed E-state index contributed by atoms with van der Waals surface area (Å²) in [5.41, 5.74) is 0. The summed E-state index contributed by atoms with van der Waals surface area (Å²) < 4.78 is 0. The number of carbonyl (C=O) groups excluding carboxylic acids is 1. The van der Waals surface area contributed by atoms with Gasteiger partial charge in [0.15, 0.2) is 0 Å². The van der Waals surface area contributed by atoms with Crippen molar-refractivity contribution in [3.63, 3.8) is 0 Å². The maximum Gasteiger partial charge on any atom is 0.323 e. The SMILES string of the molecule is CCSCCC(C)NC(=O)N(CC(=O)O)C(C)CC. The standard InChI is InChI=1S/C13H26N2O3S/c1-5-11(4)15(9-12(16)17)13(18)14-10(3)7-8-19-6-2/h10-11H,5-9H2,1-4H3,(H,14,18)(H,16,17). The number of carbonyl (C=O) groups is 2. The van der Waals surface area contributed by atoms with Gasteiger partial charge in [-0.1, -0.05) is 13.8 Å². The molecular formula is C13H26N2O3S. The van der Waals surface area contributed by atoms with Crippen LogP contribution in [-0.2, 0) is 4.79 Å². The molecule has 0 aromatic rings. The lowest BCUT2D eigenvalue weighted by molar-refractivity contribution is -0.138. The highest BCUT2D eigenvalue weighted by molar-refractivity contribution is 7.99. The highest BCUT2D eigenvalue weighted by Crippen LogP contribution is 2.07. The minimum absolute atomic E-state index is 0.0619. The Morgan fingerprint density at radius 1 is 1.32 bits per heavy atom. The smallest absolute Gasteiger partial charge is 0.323 e. The van der Waals surface area contributed by atoms with Gasteiger partial charge in [0, 0.05) is 12.1 Å². The van der Waals surface area contributed by atoms with Gasteiger partial charge in [-0.3, -0.25) is 4.79 Å². The van der Waals surface area contributed by atoms with Crippen molar-refractivity contribution in [3.05, 3.63) is 0 Å². The van der Waals surface area contributed by atoms with E-state index in [1.165, 1.54) is 4.90 Å². The lowest BCUT2D eigenvalue weighted by atomic mass is 10.2. The number of aliphatic carboxylic acids is 1. The molecule has 2 amide bonds. The zero-order valence-electron chi connectivity index (χ0n) is 12.3. The lowest BCUT2D eigenvalue weighted by Crippen LogP contribution is -2.49. The minimum atomic E-state index is -0.982. The molecule has 0 saturated heterocycles. The van der Waals surface area contributed by atoms with Crippen LogP contribution in [0.3, 0.4) is 0 Å². The second kappa shape index (κ2) is 9.95. The van der Waals surface area contributed by atoms with Gasteiger partial charge >= 0.3 is 12.0 Å². The number of urea groups is 1. The summed E-state index contributed by atoms with van der Waals surface area (Å²) in [7, 11) is 0. The summed E-state index contributed by atoms with van der Waals surface area (Å²) in [6.45, 7) is 7.60. The largest absolute Gasteiger partial charge is 0.480 e. The Labute approximate surface area is 120 Å². The average molecular weight is 290 g/mol. The molecular weight excluding hydrogens is 264 g/mol. The Kier molecular flexibility index (Phi) is 9.47. The molecule has 0 spiro atoms. The van der Waals surface area contributed by atoms with Crippen molar-refractivity contribution in [3.8, 4) is 0 Å². The van der Waals surface area contributed by atoms with E-state index in [2.05, 4.69) is 12.2 Å². The van der Waals surface area contributed by atoms with E-state index < -0.39 is 5.97 Å². The highest BCUT2D eigenvalue weighted by atomic mass is 32.2. The van der Waals surface area contributed by atoms with Crippen LogP contribution in [0.1, 0.15) is 40.5 Å². The third-order valence-electron chi connectivity index (χ3n) is 2.96. The van der Waals surface area contributed by atoms with E-state index in [1.807, 2.05) is 32.5 Å². The fraction of sp³-hybridized carbons (Fsp3) is 0.846. The summed E-state index contributed by atoms with van der Waals surface area (Å²) in [5, 5.41) is 11.7. The molecule has 19 heavy (non-hydrogen) atoms. The summed E-state index contributed by atoms with van der Waals surface area (Å²) >= 11 is 1.83. The fourth-order valence-electron chi connectivity index (χ4n) is 1.56. The molecule has 0 aliphatic heterocycles. The number of amides is 2. The van der Waals surface area contributed by atoms with Crippen molar-refractivity contribution in [1.82, 2.24) is 10.2 Å². The van der Waals surface area contributed by atoms with Crippen LogP contribution >= 0.6 is 11.8 Å². The number of hydrogen-bond acceptors (Lipinski definition) is 3. The summed E-state index contributed by atoms with van der Waals surface area (Å²) in [6.07, 6.45) is 1.63. The molecule has 2 N–H and O–H groups in total. The fourth-order valence-corrected chi connectivity index (χ4v) is 2.37. The molecule has 0 bridgehead atoms. The molecule has 6 heteroatoms. The zero-order valence-corrected chi connectivity index (χ0v) is 13.1.